The first-order valence-corrected chi connectivity index (χ1v) is 7.39. The summed E-state index contributed by atoms with van der Waals surface area (Å²) in [6, 6.07) is 3.81. The highest BCUT2D eigenvalue weighted by Gasteiger charge is 2.34. The van der Waals surface area contributed by atoms with Crippen molar-refractivity contribution in [3.05, 3.63) is 27.3 Å². The zero-order valence-electron chi connectivity index (χ0n) is 11.6. The number of rotatable bonds is 1. The van der Waals surface area contributed by atoms with Crippen molar-refractivity contribution >= 4 is 51.5 Å². The Morgan fingerprint density at radius 2 is 1.81 bits per heavy atom. The molecule has 116 valence electrons. The molecule has 0 fully saturated rings. The van der Waals surface area contributed by atoms with Crippen molar-refractivity contribution in [3.63, 3.8) is 0 Å². The number of anilines is 1. The maximum atomic E-state index is 13.0. The number of thiocarbonyl (C=S) groups is 1. The summed E-state index contributed by atoms with van der Waals surface area (Å²) in [6.07, 6.45) is -4.51. The molecule has 0 aliphatic heterocycles. The Morgan fingerprint density at radius 1 is 1.24 bits per heavy atom. The second-order valence-electron chi connectivity index (χ2n) is 5.35. The Balaban J connectivity index is 2.94. The van der Waals surface area contributed by atoms with Crippen LogP contribution in [-0.2, 0) is 11.0 Å². The van der Waals surface area contributed by atoms with Crippen LogP contribution in [0.1, 0.15) is 26.3 Å². The van der Waals surface area contributed by atoms with Gasteiger partial charge in [-0.2, -0.15) is 13.2 Å². The number of halogens is 4. The number of amides is 1. The van der Waals surface area contributed by atoms with Crippen molar-refractivity contribution in [1.29, 1.82) is 0 Å². The molecule has 1 amide bonds. The largest absolute Gasteiger partial charge is 0.418 e. The molecule has 0 atom stereocenters. The summed E-state index contributed by atoms with van der Waals surface area (Å²) in [5, 5.41) is 4.63. The van der Waals surface area contributed by atoms with Crippen LogP contribution in [-0.4, -0.2) is 11.0 Å². The van der Waals surface area contributed by atoms with Crippen LogP contribution in [0.25, 0.3) is 0 Å². The van der Waals surface area contributed by atoms with E-state index in [1.54, 1.807) is 43.4 Å². The minimum absolute atomic E-state index is 0.165. The predicted molar refractivity (Wildman–Crippen MR) is 88.0 cm³/mol. The summed E-state index contributed by atoms with van der Waals surface area (Å²) < 4.78 is 39.3. The molecule has 0 unspecified atom stereocenters. The van der Waals surface area contributed by atoms with E-state index < -0.39 is 17.2 Å². The van der Waals surface area contributed by atoms with Crippen LogP contribution in [0.2, 0.25) is 0 Å². The fourth-order valence-electron chi connectivity index (χ4n) is 1.30. The lowest BCUT2D eigenvalue weighted by atomic mass is 9.96. The van der Waals surface area contributed by atoms with Crippen LogP contribution in [0.3, 0.4) is 0 Å². The van der Waals surface area contributed by atoms with E-state index in [1.807, 2.05) is 0 Å². The van der Waals surface area contributed by atoms with Gasteiger partial charge in [0.1, 0.15) is 0 Å². The average molecular weight is 430 g/mol. The van der Waals surface area contributed by atoms with E-state index in [2.05, 4.69) is 10.6 Å². The second-order valence-corrected chi connectivity index (χ2v) is 7.00. The number of carbonyl (C=O) groups excluding carboxylic acids is 1. The van der Waals surface area contributed by atoms with Crippen molar-refractivity contribution in [2.45, 2.75) is 26.9 Å². The average Bonchev–Trinajstić information content (AvgIpc) is 2.28. The van der Waals surface area contributed by atoms with Gasteiger partial charge in [0.05, 0.1) is 11.3 Å². The van der Waals surface area contributed by atoms with E-state index in [0.717, 1.165) is 6.07 Å². The Hall–Kier alpha value is -0.900. The standard InChI is InChI=1S/C13H14F3IN2OS/c1-12(2,3)10(20)19-11(21)18-9-5-4-7(17)6-8(9)13(14,15)16/h4-6H,1-3H3,(H2,18,19,20,21). The molecule has 1 aromatic carbocycles. The van der Waals surface area contributed by atoms with Gasteiger partial charge in [-0.3, -0.25) is 4.79 Å². The molecule has 1 rings (SSSR count). The van der Waals surface area contributed by atoms with E-state index in [0.29, 0.717) is 3.57 Å². The number of carbonyl (C=O) groups is 1. The summed E-state index contributed by atoms with van der Waals surface area (Å²) >= 11 is 6.68. The van der Waals surface area contributed by atoms with Crippen molar-refractivity contribution in [3.8, 4) is 0 Å². The van der Waals surface area contributed by atoms with Crippen LogP contribution in [0.4, 0.5) is 18.9 Å². The van der Waals surface area contributed by atoms with Gasteiger partial charge in [-0.1, -0.05) is 20.8 Å². The molecule has 0 aliphatic rings. The third-order valence-electron chi connectivity index (χ3n) is 2.44. The third kappa shape index (κ3) is 5.42. The van der Waals surface area contributed by atoms with E-state index in [-0.39, 0.29) is 16.7 Å². The summed E-state index contributed by atoms with van der Waals surface area (Å²) in [6.45, 7) is 5.03. The van der Waals surface area contributed by atoms with Crippen LogP contribution in [0.5, 0.6) is 0 Å². The molecule has 3 nitrogen and oxygen atoms in total. The van der Waals surface area contributed by atoms with Gasteiger partial charge in [0.15, 0.2) is 5.11 Å². The number of alkyl halides is 3. The number of benzene rings is 1. The normalized spacial score (nSPS) is 12.0. The van der Waals surface area contributed by atoms with Gasteiger partial charge in [-0.05, 0) is 53.0 Å². The van der Waals surface area contributed by atoms with Crippen molar-refractivity contribution in [2.75, 3.05) is 5.32 Å². The first-order chi connectivity index (χ1) is 9.41. The second kappa shape index (κ2) is 6.47. The molecule has 1 aromatic rings. The van der Waals surface area contributed by atoms with Crippen molar-refractivity contribution in [1.82, 2.24) is 5.32 Å². The smallest absolute Gasteiger partial charge is 0.332 e. The molecular weight excluding hydrogens is 416 g/mol. The van der Waals surface area contributed by atoms with Crippen molar-refractivity contribution in [2.24, 2.45) is 5.41 Å². The Labute approximate surface area is 139 Å². The monoisotopic (exact) mass is 430 g/mol. The lowest BCUT2D eigenvalue weighted by molar-refractivity contribution is -0.137. The highest BCUT2D eigenvalue weighted by molar-refractivity contribution is 14.1. The first kappa shape index (κ1) is 18.1. The third-order valence-corrected chi connectivity index (χ3v) is 3.32. The zero-order chi connectivity index (χ0) is 16.4. The molecule has 8 heteroatoms. The van der Waals surface area contributed by atoms with Gasteiger partial charge < -0.3 is 10.6 Å². The van der Waals surface area contributed by atoms with E-state index in [1.165, 1.54) is 12.1 Å². The fraction of sp³-hybridized carbons (Fsp3) is 0.385. The molecule has 21 heavy (non-hydrogen) atoms. The van der Waals surface area contributed by atoms with Gasteiger partial charge >= 0.3 is 6.18 Å². The number of hydrogen-bond acceptors (Lipinski definition) is 2. The topological polar surface area (TPSA) is 41.1 Å². The molecule has 0 saturated carbocycles. The molecule has 0 spiro atoms. The highest BCUT2D eigenvalue weighted by atomic mass is 127. The lowest BCUT2D eigenvalue weighted by Crippen LogP contribution is -2.41. The van der Waals surface area contributed by atoms with Gasteiger partial charge in [0.25, 0.3) is 0 Å². The summed E-state index contributed by atoms with van der Waals surface area (Å²) in [5.74, 6) is -0.376. The van der Waals surface area contributed by atoms with Crippen molar-refractivity contribution < 1.29 is 18.0 Å². The van der Waals surface area contributed by atoms with E-state index in [4.69, 9.17) is 12.2 Å². The van der Waals surface area contributed by atoms with Crippen LogP contribution in [0, 0.1) is 8.99 Å². The molecule has 0 aliphatic carbocycles. The quantitative estimate of drug-likeness (QED) is 0.519. The zero-order valence-corrected chi connectivity index (χ0v) is 14.5. The minimum Gasteiger partial charge on any atom is -0.332 e. The highest BCUT2D eigenvalue weighted by Crippen LogP contribution is 2.35. The van der Waals surface area contributed by atoms with Gasteiger partial charge in [0.2, 0.25) is 5.91 Å². The summed E-state index contributed by atoms with van der Waals surface area (Å²) in [4.78, 5) is 11.7. The predicted octanol–water partition coefficient (Wildman–Crippen LogP) is 4.17. The maximum Gasteiger partial charge on any atom is 0.418 e. The SMILES string of the molecule is CC(C)(C)C(=O)NC(=S)Nc1ccc(I)cc1C(F)(F)F. The van der Waals surface area contributed by atoms with E-state index in [9.17, 15) is 18.0 Å². The minimum atomic E-state index is -4.51. The molecule has 0 aromatic heterocycles. The Morgan fingerprint density at radius 3 is 2.29 bits per heavy atom. The Bertz CT molecular complexity index is 568. The number of hydrogen-bond donors (Lipinski definition) is 2. The molecule has 0 heterocycles. The van der Waals surface area contributed by atoms with Crippen LogP contribution in [0.15, 0.2) is 18.2 Å². The fourth-order valence-corrected chi connectivity index (χ4v) is 2.00. The van der Waals surface area contributed by atoms with Crippen LogP contribution >= 0.6 is 34.8 Å². The summed E-state index contributed by atoms with van der Waals surface area (Å²) in [5.41, 5.74) is -1.71. The Kier molecular flexibility index (Phi) is 5.59. The molecular formula is C13H14F3IN2OS. The lowest BCUT2D eigenvalue weighted by Gasteiger charge is -2.20. The molecule has 0 saturated heterocycles. The van der Waals surface area contributed by atoms with Gasteiger partial charge in [-0.15, -0.1) is 0 Å². The maximum absolute atomic E-state index is 13.0. The molecule has 0 bridgehead atoms. The summed E-state index contributed by atoms with van der Waals surface area (Å²) in [7, 11) is 0. The van der Waals surface area contributed by atoms with Crippen LogP contribution < -0.4 is 10.6 Å². The molecule has 0 radical (unpaired) electrons. The van der Waals surface area contributed by atoms with Gasteiger partial charge in [-0.25, -0.2) is 0 Å². The number of nitrogens with one attached hydrogen (secondary N) is 2. The molecule has 2 N–H and O–H groups in total. The van der Waals surface area contributed by atoms with Gasteiger partial charge in [0, 0.05) is 8.99 Å². The van der Waals surface area contributed by atoms with E-state index >= 15 is 0 Å². The first-order valence-electron chi connectivity index (χ1n) is 5.90.